The van der Waals surface area contributed by atoms with E-state index in [-0.39, 0.29) is 0 Å². The number of hydrogen-bond donors (Lipinski definition) is 1. The third-order valence-corrected chi connectivity index (χ3v) is 4.39. The van der Waals surface area contributed by atoms with Crippen LogP contribution in [0, 0.1) is 6.92 Å². The molecule has 1 aromatic heterocycles. The topological polar surface area (TPSA) is 59.5 Å². The van der Waals surface area contributed by atoms with Gasteiger partial charge in [-0.3, -0.25) is 0 Å². The van der Waals surface area contributed by atoms with Crippen LogP contribution in [-0.4, -0.2) is 37.3 Å². The molecule has 6 nitrogen and oxygen atoms in total. The van der Waals surface area contributed by atoms with Crippen LogP contribution in [0.2, 0.25) is 0 Å². The molecule has 0 aliphatic carbocycles. The van der Waals surface area contributed by atoms with Gasteiger partial charge < -0.3 is 19.7 Å². The zero-order chi connectivity index (χ0) is 17.6. The van der Waals surface area contributed by atoms with Crippen molar-refractivity contribution >= 4 is 17.5 Å². The largest absolute Gasteiger partial charge is 0.493 e. The smallest absolute Gasteiger partial charge is 0.227 e. The molecule has 1 N–H and O–H groups in total. The minimum Gasteiger partial charge on any atom is -0.493 e. The summed E-state index contributed by atoms with van der Waals surface area (Å²) >= 11 is 0. The van der Waals surface area contributed by atoms with Crippen LogP contribution in [0.3, 0.4) is 0 Å². The number of methoxy groups -OCH3 is 2. The number of anilines is 3. The van der Waals surface area contributed by atoms with Gasteiger partial charge in [-0.25, -0.2) is 4.98 Å². The fourth-order valence-electron chi connectivity index (χ4n) is 3.09. The van der Waals surface area contributed by atoms with Crippen molar-refractivity contribution in [3.05, 3.63) is 30.0 Å². The van der Waals surface area contributed by atoms with Crippen molar-refractivity contribution in [2.45, 2.75) is 32.6 Å². The van der Waals surface area contributed by atoms with Gasteiger partial charge >= 0.3 is 0 Å². The average molecular weight is 342 g/mol. The van der Waals surface area contributed by atoms with Gasteiger partial charge in [0.05, 0.1) is 14.2 Å². The van der Waals surface area contributed by atoms with Crippen molar-refractivity contribution in [1.29, 1.82) is 0 Å². The number of nitrogens with one attached hydrogen (secondary N) is 1. The first-order chi connectivity index (χ1) is 12.2. The fourth-order valence-corrected chi connectivity index (χ4v) is 3.09. The van der Waals surface area contributed by atoms with Gasteiger partial charge in [0.1, 0.15) is 5.82 Å². The molecule has 134 valence electrons. The second-order valence-corrected chi connectivity index (χ2v) is 6.29. The number of nitrogens with zero attached hydrogens (tertiary/aromatic N) is 3. The summed E-state index contributed by atoms with van der Waals surface area (Å²) in [5, 5.41) is 3.35. The summed E-state index contributed by atoms with van der Waals surface area (Å²) < 4.78 is 10.7. The number of aromatic nitrogens is 2. The molecule has 1 aromatic carbocycles. The molecule has 0 amide bonds. The molecule has 6 heteroatoms. The molecule has 3 rings (SSSR count). The lowest BCUT2D eigenvalue weighted by Gasteiger charge is -2.21. The molecule has 2 aromatic rings. The Balaban J connectivity index is 1.82. The first-order valence-corrected chi connectivity index (χ1v) is 8.79. The molecule has 1 aliphatic heterocycles. The Morgan fingerprint density at radius 2 is 1.64 bits per heavy atom. The van der Waals surface area contributed by atoms with E-state index in [0.29, 0.717) is 11.5 Å². The molecule has 2 heterocycles. The van der Waals surface area contributed by atoms with E-state index in [1.807, 2.05) is 31.2 Å². The Hall–Kier alpha value is -2.50. The molecule has 0 atom stereocenters. The highest BCUT2D eigenvalue weighted by Gasteiger charge is 2.14. The predicted octanol–water partition coefficient (Wildman–Crippen LogP) is 3.93. The minimum atomic E-state index is 0.686. The molecule has 0 saturated carbocycles. The van der Waals surface area contributed by atoms with E-state index in [0.717, 1.165) is 36.2 Å². The second-order valence-electron chi connectivity index (χ2n) is 6.29. The molecule has 1 fully saturated rings. The highest BCUT2D eigenvalue weighted by Crippen LogP contribution is 2.31. The molecule has 0 spiro atoms. The molecule has 0 radical (unpaired) electrons. The monoisotopic (exact) mass is 342 g/mol. The van der Waals surface area contributed by atoms with Crippen molar-refractivity contribution in [3.63, 3.8) is 0 Å². The summed E-state index contributed by atoms with van der Waals surface area (Å²) in [6.07, 6.45) is 4.99. The summed E-state index contributed by atoms with van der Waals surface area (Å²) in [5.41, 5.74) is 1.86. The van der Waals surface area contributed by atoms with Gasteiger partial charge in [0.25, 0.3) is 0 Å². The molecule has 0 bridgehead atoms. The number of rotatable bonds is 5. The maximum absolute atomic E-state index is 5.37. The van der Waals surface area contributed by atoms with Crippen molar-refractivity contribution in [1.82, 2.24) is 9.97 Å². The summed E-state index contributed by atoms with van der Waals surface area (Å²) in [4.78, 5) is 11.6. The number of hydrogen-bond acceptors (Lipinski definition) is 6. The summed E-state index contributed by atoms with van der Waals surface area (Å²) in [7, 11) is 3.26. The van der Waals surface area contributed by atoms with Crippen LogP contribution >= 0.6 is 0 Å². The standard InChI is InChI=1S/C19H26N4O2/c1-14-12-18(21-15-8-9-16(24-2)17(13-15)25-3)22-19(20-14)23-10-6-4-5-7-11-23/h8-9,12-13H,4-7,10-11H2,1-3H3,(H,20,21,22). The summed E-state index contributed by atoms with van der Waals surface area (Å²) in [6.45, 7) is 4.06. The van der Waals surface area contributed by atoms with Gasteiger partial charge in [0.2, 0.25) is 5.95 Å². The first kappa shape index (κ1) is 17.3. The number of aryl methyl sites for hydroxylation is 1. The molecular weight excluding hydrogens is 316 g/mol. The van der Waals surface area contributed by atoms with E-state index < -0.39 is 0 Å². The van der Waals surface area contributed by atoms with E-state index in [1.165, 1.54) is 25.7 Å². The Bertz CT molecular complexity index is 713. The molecule has 25 heavy (non-hydrogen) atoms. The van der Waals surface area contributed by atoms with Crippen LogP contribution < -0.4 is 19.7 Å². The van der Waals surface area contributed by atoms with Gasteiger partial charge in [-0.1, -0.05) is 12.8 Å². The van der Waals surface area contributed by atoms with Crippen molar-refractivity contribution < 1.29 is 9.47 Å². The maximum Gasteiger partial charge on any atom is 0.227 e. The van der Waals surface area contributed by atoms with Crippen LogP contribution in [0.15, 0.2) is 24.3 Å². The first-order valence-electron chi connectivity index (χ1n) is 8.79. The van der Waals surface area contributed by atoms with Crippen molar-refractivity contribution in [2.24, 2.45) is 0 Å². The maximum atomic E-state index is 5.37. The SMILES string of the molecule is COc1ccc(Nc2cc(C)nc(N3CCCCCC3)n2)cc1OC. The fraction of sp³-hybridized carbons (Fsp3) is 0.474. The summed E-state index contributed by atoms with van der Waals surface area (Å²) in [6, 6.07) is 7.69. The zero-order valence-corrected chi connectivity index (χ0v) is 15.2. The van der Waals surface area contributed by atoms with Gasteiger partial charge in [0, 0.05) is 36.6 Å². The van der Waals surface area contributed by atoms with Gasteiger partial charge in [0.15, 0.2) is 11.5 Å². The van der Waals surface area contributed by atoms with E-state index in [4.69, 9.17) is 14.5 Å². The van der Waals surface area contributed by atoms with E-state index >= 15 is 0 Å². The molecular formula is C19H26N4O2. The number of benzene rings is 1. The van der Waals surface area contributed by atoms with Crippen molar-refractivity contribution in [3.8, 4) is 11.5 Å². The van der Waals surface area contributed by atoms with E-state index in [1.54, 1.807) is 14.2 Å². The third-order valence-electron chi connectivity index (χ3n) is 4.39. The highest BCUT2D eigenvalue weighted by molar-refractivity contribution is 5.62. The lowest BCUT2D eigenvalue weighted by atomic mass is 10.2. The van der Waals surface area contributed by atoms with E-state index in [9.17, 15) is 0 Å². The minimum absolute atomic E-state index is 0.686. The molecule has 0 unspecified atom stereocenters. The third kappa shape index (κ3) is 4.32. The molecule has 1 aliphatic rings. The summed E-state index contributed by atoms with van der Waals surface area (Å²) in [5.74, 6) is 2.99. The Kier molecular flexibility index (Phi) is 5.58. The predicted molar refractivity (Wildman–Crippen MR) is 100 cm³/mol. The van der Waals surface area contributed by atoms with Crippen LogP contribution in [-0.2, 0) is 0 Å². The van der Waals surface area contributed by atoms with Crippen LogP contribution in [0.5, 0.6) is 11.5 Å². The Morgan fingerprint density at radius 3 is 2.32 bits per heavy atom. The van der Waals surface area contributed by atoms with E-state index in [2.05, 4.69) is 15.2 Å². The molecule has 1 saturated heterocycles. The average Bonchev–Trinajstić information content (AvgIpc) is 2.90. The van der Waals surface area contributed by atoms with Crippen LogP contribution in [0.1, 0.15) is 31.4 Å². The second kappa shape index (κ2) is 8.05. The van der Waals surface area contributed by atoms with Crippen molar-refractivity contribution in [2.75, 3.05) is 37.5 Å². The number of ether oxygens (including phenoxy) is 2. The van der Waals surface area contributed by atoms with Gasteiger partial charge in [-0.2, -0.15) is 4.98 Å². The van der Waals surface area contributed by atoms with Crippen LogP contribution in [0.25, 0.3) is 0 Å². The van der Waals surface area contributed by atoms with Crippen LogP contribution in [0.4, 0.5) is 17.5 Å². The Labute approximate surface area is 149 Å². The quantitative estimate of drug-likeness (QED) is 0.888. The zero-order valence-electron chi connectivity index (χ0n) is 15.2. The lowest BCUT2D eigenvalue weighted by Crippen LogP contribution is -2.26. The normalized spacial score (nSPS) is 14.8. The Morgan fingerprint density at radius 1 is 0.920 bits per heavy atom. The lowest BCUT2D eigenvalue weighted by molar-refractivity contribution is 0.355. The van der Waals surface area contributed by atoms with Gasteiger partial charge in [-0.05, 0) is 31.9 Å². The highest BCUT2D eigenvalue weighted by atomic mass is 16.5. The van der Waals surface area contributed by atoms with Gasteiger partial charge in [-0.15, -0.1) is 0 Å².